The normalized spacial score (nSPS) is 44.7. The van der Waals surface area contributed by atoms with Gasteiger partial charge in [0, 0.05) is 7.11 Å². The topological polar surface area (TPSA) is 60.2 Å². The number of azo groups is 1. The van der Waals surface area contributed by atoms with E-state index in [2.05, 4.69) is 10.2 Å². The number of carbonyl (C=O) groups is 1. The number of fused-ring (bicyclic) bond motifs is 1. The van der Waals surface area contributed by atoms with E-state index in [4.69, 9.17) is 9.47 Å². The zero-order valence-corrected chi connectivity index (χ0v) is 6.93. The molecule has 0 aromatic heterocycles. The van der Waals surface area contributed by atoms with E-state index < -0.39 is 12.3 Å². The number of hydrogen-bond acceptors (Lipinski definition) is 5. The monoisotopic (exact) mass is 170 g/mol. The summed E-state index contributed by atoms with van der Waals surface area (Å²) in [6, 6.07) is -0.406. The lowest BCUT2D eigenvalue weighted by Gasteiger charge is -2.15. The summed E-state index contributed by atoms with van der Waals surface area (Å²) in [5, 5.41) is 7.74. The summed E-state index contributed by atoms with van der Waals surface area (Å²) in [5.41, 5.74) is 0. The number of nitrogens with zero attached hydrogens (tertiary/aromatic N) is 2. The van der Waals surface area contributed by atoms with Crippen LogP contribution in [0, 0.1) is 5.92 Å². The third kappa shape index (κ3) is 0.859. The first-order valence-corrected chi connectivity index (χ1v) is 3.87. The van der Waals surface area contributed by atoms with E-state index in [1.165, 1.54) is 7.11 Å². The molecule has 0 amide bonds. The van der Waals surface area contributed by atoms with E-state index in [9.17, 15) is 4.79 Å². The molecule has 0 radical (unpaired) electrons. The van der Waals surface area contributed by atoms with Crippen molar-refractivity contribution in [3.63, 3.8) is 0 Å². The van der Waals surface area contributed by atoms with Crippen LogP contribution in [0.5, 0.6) is 0 Å². The standard InChI is InChI=1S/C7H10N2O3/c1-3-4-5(9-8-3)6(10)12-7(4)11-2/h3-5,7H,1-2H3/t3-,4+,5-,7+/m0/s1. The van der Waals surface area contributed by atoms with Crippen LogP contribution in [-0.4, -0.2) is 31.5 Å². The minimum absolute atomic E-state index is 0.0198. The molecule has 0 aliphatic carbocycles. The van der Waals surface area contributed by atoms with Gasteiger partial charge in [-0.05, 0) is 6.92 Å². The van der Waals surface area contributed by atoms with Crippen LogP contribution in [0.15, 0.2) is 10.2 Å². The fourth-order valence-electron chi connectivity index (χ4n) is 1.64. The fraction of sp³-hybridized carbons (Fsp3) is 0.857. The zero-order valence-electron chi connectivity index (χ0n) is 6.93. The predicted octanol–water partition coefficient (Wildman–Crippen LogP) is 0.355. The van der Waals surface area contributed by atoms with Gasteiger partial charge in [0.2, 0.25) is 6.29 Å². The summed E-state index contributed by atoms with van der Waals surface area (Å²) in [7, 11) is 1.52. The quantitative estimate of drug-likeness (QED) is 0.533. The molecular weight excluding hydrogens is 160 g/mol. The highest BCUT2D eigenvalue weighted by Crippen LogP contribution is 2.34. The van der Waals surface area contributed by atoms with Crippen molar-refractivity contribution in [2.45, 2.75) is 25.3 Å². The molecule has 5 heteroatoms. The highest BCUT2D eigenvalue weighted by atomic mass is 16.7. The Morgan fingerprint density at radius 3 is 2.92 bits per heavy atom. The van der Waals surface area contributed by atoms with Crippen LogP contribution in [0.25, 0.3) is 0 Å². The van der Waals surface area contributed by atoms with E-state index in [0.717, 1.165) is 0 Å². The molecule has 1 fully saturated rings. The number of ether oxygens (including phenoxy) is 2. The largest absolute Gasteiger partial charge is 0.434 e. The van der Waals surface area contributed by atoms with E-state index in [-0.39, 0.29) is 17.9 Å². The van der Waals surface area contributed by atoms with Gasteiger partial charge >= 0.3 is 5.97 Å². The van der Waals surface area contributed by atoms with Crippen molar-refractivity contribution in [1.29, 1.82) is 0 Å². The van der Waals surface area contributed by atoms with Crippen molar-refractivity contribution < 1.29 is 14.3 Å². The molecular formula is C7H10N2O3. The Kier molecular flexibility index (Phi) is 1.61. The number of cyclic esters (lactones) is 1. The van der Waals surface area contributed by atoms with Gasteiger partial charge in [-0.3, -0.25) is 0 Å². The first kappa shape index (κ1) is 7.67. The summed E-state index contributed by atoms with van der Waals surface area (Å²) in [6.07, 6.45) is -0.465. The predicted molar refractivity (Wildman–Crippen MR) is 38.5 cm³/mol. The molecule has 0 N–H and O–H groups in total. The molecule has 2 rings (SSSR count). The van der Waals surface area contributed by atoms with Crippen LogP contribution in [-0.2, 0) is 14.3 Å². The molecule has 0 aromatic carbocycles. The van der Waals surface area contributed by atoms with Crippen molar-refractivity contribution in [2.75, 3.05) is 7.11 Å². The van der Waals surface area contributed by atoms with Crippen LogP contribution in [0.4, 0.5) is 0 Å². The molecule has 0 bridgehead atoms. The number of rotatable bonds is 1. The number of hydrogen-bond donors (Lipinski definition) is 0. The van der Waals surface area contributed by atoms with Gasteiger partial charge in [0.15, 0.2) is 6.04 Å². The maximum atomic E-state index is 11.1. The zero-order chi connectivity index (χ0) is 8.72. The summed E-state index contributed by atoms with van der Waals surface area (Å²) in [4.78, 5) is 11.1. The smallest absolute Gasteiger partial charge is 0.335 e. The molecule has 2 heterocycles. The summed E-state index contributed by atoms with van der Waals surface area (Å²) in [6.45, 7) is 1.90. The van der Waals surface area contributed by atoms with Gasteiger partial charge in [0.1, 0.15) is 0 Å². The van der Waals surface area contributed by atoms with Crippen molar-refractivity contribution in [3.8, 4) is 0 Å². The van der Waals surface area contributed by atoms with Gasteiger partial charge < -0.3 is 9.47 Å². The van der Waals surface area contributed by atoms with Crippen molar-refractivity contribution in [1.82, 2.24) is 0 Å². The fourth-order valence-corrected chi connectivity index (χ4v) is 1.64. The molecule has 1 saturated heterocycles. The molecule has 0 spiro atoms. The highest BCUT2D eigenvalue weighted by Gasteiger charge is 2.51. The van der Waals surface area contributed by atoms with Crippen LogP contribution in [0.2, 0.25) is 0 Å². The Bertz CT molecular complexity index is 241. The van der Waals surface area contributed by atoms with Gasteiger partial charge in [-0.15, -0.1) is 0 Å². The van der Waals surface area contributed by atoms with Gasteiger partial charge in [0.05, 0.1) is 12.0 Å². The number of carbonyl (C=O) groups excluding carboxylic acids is 1. The van der Waals surface area contributed by atoms with E-state index >= 15 is 0 Å². The second-order valence-electron chi connectivity index (χ2n) is 3.03. The molecule has 4 atom stereocenters. The number of esters is 1. The average Bonchev–Trinajstić information content (AvgIpc) is 2.56. The Hall–Kier alpha value is -0.970. The lowest BCUT2D eigenvalue weighted by molar-refractivity contribution is -0.162. The second kappa shape index (κ2) is 2.52. The van der Waals surface area contributed by atoms with E-state index in [1.807, 2.05) is 6.92 Å². The van der Waals surface area contributed by atoms with Gasteiger partial charge in [-0.25, -0.2) is 4.79 Å². The summed E-state index contributed by atoms with van der Waals surface area (Å²) in [5.74, 6) is -0.345. The minimum Gasteiger partial charge on any atom is -0.434 e. The van der Waals surface area contributed by atoms with Crippen LogP contribution in [0.3, 0.4) is 0 Å². The first-order valence-electron chi connectivity index (χ1n) is 3.87. The third-order valence-corrected chi connectivity index (χ3v) is 2.32. The van der Waals surface area contributed by atoms with Crippen LogP contribution >= 0.6 is 0 Å². The van der Waals surface area contributed by atoms with Gasteiger partial charge in [-0.1, -0.05) is 0 Å². The molecule has 66 valence electrons. The molecule has 2 aliphatic rings. The molecule has 5 nitrogen and oxygen atoms in total. The lowest BCUT2D eigenvalue weighted by atomic mass is 9.97. The van der Waals surface area contributed by atoms with Crippen molar-refractivity contribution in [2.24, 2.45) is 16.1 Å². The van der Waals surface area contributed by atoms with Crippen molar-refractivity contribution >= 4 is 5.97 Å². The van der Waals surface area contributed by atoms with Crippen LogP contribution in [0.1, 0.15) is 6.92 Å². The van der Waals surface area contributed by atoms with Gasteiger partial charge in [-0.2, -0.15) is 10.2 Å². The Labute approximate surface area is 69.8 Å². The number of methoxy groups -OCH3 is 1. The molecule has 0 saturated carbocycles. The maximum Gasteiger partial charge on any atom is 0.335 e. The summed E-state index contributed by atoms with van der Waals surface area (Å²) < 4.78 is 9.94. The average molecular weight is 170 g/mol. The molecule has 12 heavy (non-hydrogen) atoms. The molecule has 2 aliphatic heterocycles. The highest BCUT2D eigenvalue weighted by molar-refractivity contribution is 5.79. The second-order valence-corrected chi connectivity index (χ2v) is 3.03. The first-order chi connectivity index (χ1) is 5.74. The van der Waals surface area contributed by atoms with Crippen molar-refractivity contribution in [3.05, 3.63) is 0 Å². The Morgan fingerprint density at radius 2 is 2.25 bits per heavy atom. The Morgan fingerprint density at radius 1 is 1.50 bits per heavy atom. The third-order valence-electron chi connectivity index (χ3n) is 2.32. The van der Waals surface area contributed by atoms with E-state index in [0.29, 0.717) is 0 Å². The maximum absolute atomic E-state index is 11.1. The van der Waals surface area contributed by atoms with E-state index in [1.54, 1.807) is 0 Å². The minimum atomic E-state index is -0.465. The Balaban J connectivity index is 2.22. The summed E-state index contributed by atoms with van der Waals surface area (Å²) >= 11 is 0. The SMILES string of the molecule is CO[C@@H]1OC(=O)[C@H]2N=N[C@@H](C)[C@@H]12. The van der Waals surface area contributed by atoms with Gasteiger partial charge in [0.25, 0.3) is 0 Å². The lowest BCUT2D eigenvalue weighted by Crippen LogP contribution is -2.29. The molecule has 0 aromatic rings. The molecule has 0 unspecified atom stereocenters. The van der Waals surface area contributed by atoms with Crippen LogP contribution < -0.4 is 0 Å².